The highest BCUT2D eigenvalue weighted by Gasteiger charge is 2.12. The molecule has 0 bridgehead atoms. The molecule has 0 unspecified atom stereocenters. The molecule has 1 aliphatic rings. The van der Waals surface area contributed by atoms with Gasteiger partial charge in [-0.3, -0.25) is 0 Å². The number of ether oxygens (including phenoxy) is 2. The van der Waals surface area contributed by atoms with Crippen molar-refractivity contribution in [1.29, 1.82) is 0 Å². The highest BCUT2D eigenvalue weighted by atomic mass is 35.5. The van der Waals surface area contributed by atoms with Crippen LogP contribution in [0.5, 0.6) is 11.5 Å². The second-order valence-corrected chi connectivity index (χ2v) is 5.43. The fourth-order valence-electron chi connectivity index (χ4n) is 1.64. The van der Waals surface area contributed by atoms with Crippen LogP contribution in [-0.2, 0) is 6.54 Å². The average Bonchev–Trinajstić information content (AvgIpc) is 2.94. The van der Waals surface area contributed by atoms with Crippen molar-refractivity contribution in [3.05, 3.63) is 39.5 Å². The summed E-state index contributed by atoms with van der Waals surface area (Å²) in [5.41, 5.74) is 1.01. The van der Waals surface area contributed by atoms with Gasteiger partial charge in [0.1, 0.15) is 0 Å². The Labute approximate surface area is 108 Å². The van der Waals surface area contributed by atoms with Crippen molar-refractivity contribution in [2.45, 2.75) is 6.54 Å². The number of rotatable bonds is 3. The van der Waals surface area contributed by atoms with Gasteiger partial charge in [-0.1, -0.05) is 11.6 Å². The number of fused-ring (bicyclic) bond motifs is 1. The molecular weight excluding hydrogens is 258 g/mol. The lowest BCUT2D eigenvalue weighted by molar-refractivity contribution is 0.174. The first-order valence-corrected chi connectivity index (χ1v) is 6.38. The Bertz CT molecular complexity index is 541. The quantitative estimate of drug-likeness (QED) is 0.919. The molecule has 0 aliphatic carbocycles. The van der Waals surface area contributed by atoms with Crippen molar-refractivity contribution < 1.29 is 9.47 Å². The van der Waals surface area contributed by atoms with E-state index in [9.17, 15) is 0 Å². The number of halogens is 1. The van der Waals surface area contributed by atoms with Gasteiger partial charge in [0.05, 0.1) is 4.34 Å². The van der Waals surface area contributed by atoms with E-state index < -0.39 is 0 Å². The fraction of sp³-hybridized carbons (Fsp3) is 0.167. The third-order valence-corrected chi connectivity index (χ3v) is 3.70. The summed E-state index contributed by atoms with van der Waals surface area (Å²) in [6, 6.07) is 9.75. The molecule has 0 fully saturated rings. The van der Waals surface area contributed by atoms with Crippen LogP contribution in [0, 0.1) is 0 Å². The fourth-order valence-corrected chi connectivity index (χ4v) is 2.67. The SMILES string of the molecule is Clc1ccc(CNc2ccc3c(c2)OCO3)s1. The summed E-state index contributed by atoms with van der Waals surface area (Å²) in [4.78, 5) is 1.20. The number of hydrogen-bond donors (Lipinski definition) is 1. The second kappa shape index (κ2) is 4.47. The summed E-state index contributed by atoms with van der Waals surface area (Å²) in [6.45, 7) is 1.07. The first-order chi connectivity index (χ1) is 8.31. The maximum atomic E-state index is 5.87. The molecule has 3 rings (SSSR count). The molecule has 2 aromatic rings. The highest BCUT2D eigenvalue weighted by molar-refractivity contribution is 7.16. The summed E-state index contributed by atoms with van der Waals surface area (Å²) in [5, 5.41) is 3.32. The van der Waals surface area contributed by atoms with E-state index >= 15 is 0 Å². The Morgan fingerprint density at radius 2 is 2.06 bits per heavy atom. The van der Waals surface area contributed by atoms with E-state index in [1.807, 2.05) is 30.3 Å². The van der Waals surface area contributed by atoms with Crippen molar-refractivity contribution in [3.63, 3.8) is 0 Å². The lowest BCUT2D eigenvalue weighted by Gasteiger charge is -2.05. The van der Waals surface area contributed by atoms with Gasteiger partial charge in [0.15, 0.2) is 11.5 Å². The largest absolute Gasteiger partial charge is 0.454 e. The third-order valence-electron chi connectivity index (χ3n) is 2.47. The Balaban J connectivity index is 1.69. The van der Waals surface area contributed by atoms with E-state index in [2.05, 4.69) is 5.32 Å². The molecule has 17 heavy (non-hydrogen) atoms. The standard InChI is InChI=1S/C12H10ClNO2S/c13-12-4-2-9(17-12)6-14-8-1-3-10-11(5-8)16-7-15-10/h1-5,14H,6-7H2. The van der Waals surface area contributed by atoms with Crippen molar-refractivity contribution in [2.75, 3.05) is 12.1 Å². The van der Waals surface area contributed by atoms with Gasteiger partial charge >= 0.3 is 0 Å². The van der Waals surface area contributed by atoms with Crippen molar-refractivity contribution >= 4 is 28.6 Å². The predicted molar refractivity (Wildman–Crippen MR) is 69.2 cm³/mol. The molecule has 88 valence electrons. The van der Waals surface area contributed by atoms with Crippen molar-refractivity contribution in [2.24, 2.45) is 0 Å². The van der Waals surface area contributed by atoms with E-state index in [0.29, 0.717) is 6.79 Å². The zero-order chi connectivity index (χ0) is 11.7. The van der Waals surface area contributed by atoms with Gasteiger partial charge in [0.2, 0.25) is 6.79 Å². The summed E-state index contributed by atoms with van der Waals surface area (Å²) >= 11 is 7.45. The Hall–Kier alpha value is -1.39. The molecule has 2 heterocycles. The van der Waals surface area contributed by atoms with E-state index in [-0.39, 0.29) is 0 Å². The van der Waals surface area contributed by atoms with Crippen molar-refractivity contribution in [1.82, 2.24) is 0 Å². The van der Waals surface area contributed by atoms with Gasteiger partial charge in [-0.15, -0.1) is 11.3 Å². The molecule has 0 atom stereocenters. The van der Waals surface area contributed by atoms with Gasteiger partial charge < -0.3 is 14.8 Å². The lowest BCUT2D eigenvalue weighted by Crippen LogP contribution is -1.96. The number of nitrogens with one attached hydrogen (secondary N) is 1. The molecule has 0 saturated heterocycles. The first kappa shape index (κ1) is 10.7. The molecule has 5 heteroatoms. The average molecular weight is 268 g/mol. The molecule has 0 amide bonds. The first-order valence-electron chi connectivity index (χ1n) is 5.19. The maximum absolute atomic E-state index is 5.87. The van der Waals surface area contributed by atoms with E-state index in [1.165, 1.54) is 4.88 Å². The minimum atomic E-state index is 0.305. The zero-order valence-corrected chi connectivity index (χ0v) is 10.5. The molecule has 0 spiro atoms. The van der Waals surface area contributed by atoms with Gasteiger partial charge in [-0.05, 0) is 24.3 Å². The van der Waals surface area contributed by atoms with Gasteiger partial charge in [-0.2, -0.15) is 0 Å². The van der Waals surface area contributed by atoms with Gasteiger partial charge in [0, 0.05) is 23.2 Å². The molecule has 3 nitrogen and oxygen atoms in total. The maximum Gasteiger partial charge on any atom is 0.231 e. The van der Waals surface area contributed by atoms with E-state index in [4.69, 9.17) is 21.1 Å². The minimum absolute atomic E-state index is 0.305. The van der Waals surface area contributed by atoms with Crippen LogP contribution in [0.25, 0.3) is 0 Å². The molecule has 0 saturated carbocycles. The predicted octanol–water partition coefficient (Wildman–Crippen LogP) is 3.74. The molecule has 1 aromatic carbocycles. The molecule has 0 radical (unpaired) electrons. The summed E-state index contributed by atoms with van der Waals surface area (Å²) in [7, 11) is 0. The molecule has 1 aliphatic heterocycles. The van der Waals surface area contributed by atoms with E-state index in [1.54, 1.807) is 11.3 Å². The van der Waals surface area contributed by atoms with E-state index in [0.717, 1.165) is 28.1 Å². The summed E-state index contributed by atoms with van der Waals surface area (Å²) in [5.74, 6) is 1.59. The molecule has 1 aromatic heterocycles. The zero-order valence-electron chi connectivity index (χ0n) is 8.90. The minimum Gasteiger partial charge on any atom is -0.454 e. The number of benzene rings is 1. The second-order valence-electron chi connectivity index (χ2n) is 3.63. The topological polar surface area (TPSA) is 30.5 Å². The Morgan fingerprint density at radius 1 is 1.18 bits per heavy atom. The monoisotopic (exact) mass is 267 g/mol. The highest BCUT2D eigenvalue weighted by Crippen LogP contribution is 2.34. The van der Waals surface area contributed by atoms with Crippen LogP contribution in [-0.4, -0.2) is 6.79 Å². The molecular formula is C12H10ClNO2S. The Morgan fingerprint density at radius 3 is 2.88 bits per heavy atom. The van der Waals surface area contributed by atoms with Gasteiger partial charge in [-0.25, -0.2) is 0 Å². The number of hydrogen-bond acceptors (Lipinski definition) is 4. The third kappa shape index (κ3) is 2.33. The lowest BCUT2D eigenvalue weighted by atomic mass is 10.3. The Kier molecular flexibility index (Phi) is 2.82. The summed E-state index contributed by atoms with van der Waals surface area (Å²) < 4.78 is 11.4. The smallest absolute Gasteiger partial charge is 0.231 e. The molecule has 1 N–H and O–H groups in total. The summed E-state index contributed by atoms with van der Waals surface area (Å²) in [6.07, 6.45) is 0. The van der Waals surface area contributed by atoms with Crippen LogP contribution in [0.15, 0.2) is 30.3 Å². The normalized spacial score (nSPS) is 12.8. The van der Waals surface area contributed by atoms with Gasteiger partial charge in [0.25, 0.3) is 0 Å². The number of anilines is 1. The van der Waals surface area contributed by atoms with Crippen LogP contribution < -0.4 is 14.8 Å². The van der Waals surface area contributed by atoms with Crippen LogP contribution in [0.1, 0.15) is 4.88 Å². The van der Waals surface area contributed by atoms with Crippen LogP contribution in [0.3, 0.4) is 0 Å². The van der Waals surface area contributed by atoms with Crippen LogP contribution in [0.2, 0.25) is 4.34 Å². The van der Waals surface area contributed by atoms with Crippen LogP contribution in [0.4, 0.5) is 5.69 Å². The number of thiophene rings is 1. The van der Waals surface area contributed by atoms with Crippen LogP contribution >= 0.6 is 22.9 Å². The van der Waals surface area contributed by atoms with Crippen molar-refractivity contribution in [3.8, 4) is 11.5 Å².